The molecule has 0 bridgehead atoms. The van der Waals surface area contributed by atoms with Gasteiger partial charge in [0.1, 0.15) is 0 Å². The Morgan fingerprint density at radius 1 is 1.32 bits per heavy atom. The van der Waals surface area contributed by atoms with Crippen LogP contribution in [0, 0.1) is 5.92 Å². The molecule has 1 saturated heterocycles. The van der Waals surface area contributed by atoms with Crippen LogP contribution in [0.3, 0.4) is 0 Å². The molecule has 0 spiro atoms. The SMILES string of the molecule is CN=C(NCc1ccccc1Cn1cccn1)N1CCC(COC)C1. The number of likely N-dealkylation sites (tertiary alicyclic amines) is 1. The van der Waals surface area contributed by atoms with Crippen molar-refractivity contribution >= 4 is 5.96 Å². The summed E-state index contributed by atoms with van der Waals surface area (Å²) in [6.07, 6.45) is 4.96. The number of methoxy groups -OCH3 is 1. The largest absolute Gasteiger partial charge is 0.384 e. The van der Waals surface area contributed by atoms with Gasteiger partial charge < -0.3 is 15.0 Å². The Hall–Kier alpha value is -2.34. The van der Waals surface area contributed by atoms with Crippen LogP contribution in [-0.4, -0.2) is 54.5 Å². The standard InChI is InChI=1S/C19H27N5O/c1-20-19(23-11-8-16(13-23)15-25-2)21-12-17-6-3-4-7-18(17)14-24-10-5-9-22-24/h3-7,9-10,16H,8,11-15H2,1-2H3,(H,20,21). The minimum absolute atomic E-state index is 0.593. The molecule has 6 heteroatoms. The Labute approximate surface area is 149 Å². The van der Waals surface area contributed by atoms with Gasteiger partial charge in [0.15, 0.2) is 5.96 Å². The van der Waals surface area contributed by atoms with Crippen LogP contribution in [0.4, 0.5) is 0 Å². The molecule has 0 radical (unpaired) electrons. The van der Waals surface area contributed by atoms with E-state index in [0.717, 1.165) is 45.2 Å². The van der Waals surface area contributed by atoms with Gasteiger partial charge in [0.05, 0.1) is 13.2 Å². The molecule has 25 heavy (non-hydrogen) atoms. The van der Waals surface area contributed by atoms with Crippen molar-refractivity contribution in [3.63, 3.8) is 0 Å². The summed E-state index contributed by atoms with van der Waals surface area (Å²) < 4.78 is 7.24. The summed E-state index contributed by atoms with van der Waals surface area (Å²) in [7, 11) is 3.62. The van der Waals surface area contributed by atoms with Gasteiger partial charge in [-0.25, -0.2) is 0 Å². The van der Waals surface area contributed by atoms with E-state index < -0.39 is 0 Å². The molecule has 0 saturated carbocycles. The van der Waals surface area contributed by atoms with Crippen LogP contribution in [-0.2, 0) is 17.8 Å². The monoisotopic (exact) mass is 341 g/mol. The second-order valence-electron chi connectivity index (χ2n) is 6.43. The van der Waals surface area contributed by atoms with Gasteiger partial charge in [0, 0.05) is 52.1 Å². The van der Waals surface area contributed by atoms with E-state index in [0.29, 0.717) is 5.92 Å². The van der Waals surface area contributed by atoms with Crippen LogP contribution >= 0.6 is 0 Å². The number of aromatic nitrogens is 2. The fraction of sp³-hybridized carbons (Fsp3) is 0.474. The zero-order valence-electron chi connectivity index (χ0n) is 15.1. The molecule has 1 atom stereocenters. The summed E-state index contributed by atoms with van der Waals surface area (Å²) in [5.74, 6) is 1.56. The van der Waals surface area contributed by atoms with E-state index in [1.807, 2.05) is 30.2 Å². The summed E-state index contributed by atoms with van der Waals surface area (Å²) in [5, 5.41) is 7.82. The number of ether oxygens (including phenoxy) is 1. The van der Waals surface area contributed by atoms with Crippen molar-refractivity contribution in [2.45, 2.75) is 19.5 Å². The van der Waals surface area contributed by atoms with Gasteiger partial charge in [-0.2, -0.15) is 5.10 Å². The van der Waals surface area contributed by atoms with Crippen LogP contribution in [0.5, 0.6) is 0 Å². The number of nitrogens with one attached hydrogen (secondary N) is 1. The lowest BCUT2D eigenvalue weighted by atomic mass is 10.1. The molecule has 6 nitrogen and oxygen atoms in total. The average molecular weight is 341 g/mol. The topological polar surface area (TPSA) is 54.7 Å². The summed E-state index contributed by atoms with van der Waals surface area (Å²) in [6.45, 7) is 4.39. The highest BCUT2D eigenvalue weighted by Crippen LogP contribution is 2.17. The van der Waals surface area contributed by atoms with E-state index >= 15 is 0 Å². The molecule has 134 valence electrons. The third kappa shape index (κ3) is 4.60. The fourth-order valence-corrected chi connectivity index (χ4v) is 3.36. The van der Waals surface area contributed by atoms with Gasteiger partial charge >= 0.3 is 0 Å². The molecule has 2 aromatic rings. The highest BCUT2D eigenvalue weighted by Gasteiger charge is 2.24. The lowest BCUT2D eigenvalue weighted by molar-refractivity contribution is 0.157. The van der Waals surface area contributed by atoms with Gasteiger partial charge in [-0.3, -0.25) is 9.67 Å². The smallest absolute Gasteiger partial charge is 0.193 e. The number of rotatable bonds is 6. The molecular weight excluding hydrogens is 314 g/mol. The van der Waals surface area contributed by atoms with Crippen molar-refractivity contribution in [2.24, 2.45) is 10.9 Å². The molecule has 1 aliphatic rings. The molecule has 3 rings (SSSR count). The van der Waals surface area contributed by atoms with Crippen molar-refractivity contribution < 1.29 is 4.74 Å². The molecule has 1 fully saturated rings. The Balaban J connectivity index is 1.61. The normalized spacial score (nSPS) is 17.9. The minimum Gasteiger partial charge on any atom is -0.384 e. The Kier molecular flexibility index (Phi) is 6.06. The van der Waals surface area contributed by atoms with Gasteiger partial charge in [-0.05, 0) is 23.6 Å². The molecular formula is C19H27N5O. The summed E-state index contributed by atoms with van der Waals surface area (Å²) in [5.41, 5.74) is 2.54. The lowest BCUT2D eigenvalue weighted by Gasteiger charge is -2.22. The zero-order chi connectivity index (χ0) is 17.5. The molecule has 2 heterocycles. The van der Waals surface area contributed by atoms with E-state index in [-0.39, 0.29) is 0 Å². The first-order valence-corrected chi connectivity index (χ1v) is 8.79. The number of benzene rings is 1. The number of nitrogens with zero attached hydrogens (tertiary/aromatic N) is 4. The fourth-order valence-electron chi connectivity index (χ4n) is 3.36. The molecule has 1 aromatic heterocycles. The average Bonchev–Trinajstić information content (AvgIpc) is 3.30. The zero-order valence-corrected chi connectivity index (χ0v) is 15.1. The summed E-state index contributed by atoms with van der Waals surface area (Å²) >= 11 is 0. The number of aliphatic imine (C=N–C) groups is 1. The predicted octanol–water partition coefficient (Wildman–Crippen LogP) is 1.98. The van der Waals surface area contributed by atoms with Crippen molar-refractivity contribution in [2.75, 3.05) is 33.9 Å². The molecule has 0 aliphatic carbocycles. The van der Waals surface area contributed by atoms with Crippen LogP contribution in [0.15, 0.2) is 47.7 Å². The highest BCUT2D eigenvalue weighted by atomic mass is 16.5. The van der Waals surface area contributed by atoms with Crippen molar-refractivity contribution in [1.82, 2.24) is 20.0 Å². The molecule has 1 unspecified atom stereocenters. The van der Waals surface area contributed by atoms with Crippen molar-refractivity contribution in [1.29, 1.82) is 0 Å². The van der Waals surface area contributed by atoms with E-state index in [9.17, 15) is 0 Å². The highest BCUT2D eigenvalue weighted by molar-refractivity contribution is 5.80. The number of hydrogen-bond donors (Lipinski definition) is 1. The van der Waals surface area contributed by atoms with Crippen LogP contribution in [0.2, 0.25) is 0 Å². The van der Waals surface area contributed by atoms with E-state index in [1.54, 1.807) is 7.11 Å². The van der Waals surface area contributed by atoms with Crippen molar-refractivity contribution in [3.05, 3.63) is 53.9 Å². The van der Waals surface area contributed by atoms with Crippen molar-refractivity contribution in [3.8, 4) is 0 Å². The lowest BCUT2D eigenvalue weighted by Crippen LogP contribution is -2.40. The first-order valence-electron chi connectivity index (χ1n) is 8.79. The van der Waals surface area contributed by atoms with E-state index in [4.69, 9.17) is 4.74 Å². The number of hydrogen-bond acceptors (Lipinski definition) is 3. The van der Waals surface area contributed by atoms with Gasteiger partial charge in [0.2, 0.25) is 0 Å². The first kappa shape index (κ1) is 17.5. The third-order valence-corrected chi connectivity index (χ3v) is 4.65. The maximum Gasteiger partial charge on any atom is 0.193 e. The molecule has 1 N–H and O–H groups in total. The van der Waals surface area contributed by atoms with Crippen LogP contribution in [0.25, 0.3) is 0 Å². The second kappa shape index (κ2) is 8.67. The minimum atomic E-state index is 0.593. The molecule has 0 amide bonds. The second-order valence-corrected chi connectivity index (χ2v) is 6.43. The third-order valence-electron chi connectivity index (χ3n) is 4.65. The van der Waals surface area contributed by atoms with Gasteiger partial charge in [0.25, 0.3) is 0 Å². The maximum atomic E-state index is 5.29. The van der Waals surface area contributed by atoms with E-state index in [2.05, 4.69) is 44.6 Å². The predicted molar refractivity (Wildman–Crippen MR) is 99.5 cm³/mol. The van der Waals surface area contributed by atoms with Crippen LogP contribution < -0.4 is 5.32 Å². The Bertz CT molecular complexity index is 683. The molecule has 1 aliphatic heterocycles. The quantitative estimate of drug-likeness (QED) is 0.645. The van der Waals surface area contributed by atoms with Gasteiger partial charge in [-0.15, -0.1) is 0 Å². The number of guanidine groups is 1. The van der Waals surface area contributed by atoms with Gasteiger partial charge in [-0.1, -0.05) is 24.3 Å². The summed E-state index contributed by atoms with van der Waals surface area (Å²) in [4.78, 5) is 6.78. The maximum absolute atomic E-state index is 5.29. The summed E-state index contributed by atoms with van der Waals surface area (Å²) in [6, 6.07) is 10.4. The first-order chi connectivity index (χ1) is 12.3. The Morgan fingerprint density at radius 3 is 2.88 bits per heavy atom. The van der Waals surface area contributed by atoms with Crippen LogP contribution in [0.1, 0.15) is 17.5 Å². The Morgan fingerprint density at radius 2 is 2.16 bits per heavy atom. The van der Waals surface area contributed by atoms with E-state index in [1.165, 1.54) is 11.1 Å². The molecule has 1 aromatic carbocycles.